The minimum atomic E-state index is 0.600. The Labute approximate surface area is 116 Å². The van der Waals surface area contributed by atoms with E-state index in [0.29, 0.717) is 6.04 Å². The van der Waals surface area contributed by atoms with Crippen LogP contribution < -0.4 is 5.32 Å². The van der Waals surface area contributed by atoms with Crippen LogP contribution in [0, 0.1) is 0 Å². The molecule has 1 nitrogen and oxygen atoms in total. The van der Waals surface area contributed by atoms with Crippen LogP contribution in [0.4, 0.5) is 0 Å². The van der Waals surface area contributed by atoms with E-state index in [1.54, 1.807) is 0 Å². The maximum absolute atomic E-state index is 3.57. The predicted molar refractivity (Wildman–Crippen MR) is 80.8 cm³/mol. The van der Waals surface area contributed by atoms with E-state index in [9.17, 15) is 0 Å². The van der Waals surface area contributed by atoms with Crippen molar-refractivity contribution >= 4 is 39.0 Å². The fourth-order valence-corrected chi connectivity index (χ4v) is 3.88. The Hall–Kier alpha value is 0.490. The third-order valence-electron chi connectivity index (χ3n) is 2.19. The van der Waals surface area contributed by atoms with Crippen LogP contribution in [-0.2, 0) is 6.42 Å². The molecule has 0 fully saturated rings. The van der Waals surface area contributed by atoms with Crippen LogP contribution in [0.1, 0.15) is 25.6 Å². The molecule has 1 aromatic rings. The molecule has 0 saturated heterocycles. The van der Waals surface area contributed by atoms with Gasteiger partial charge in [-0.05, 0) is 40.2 Å². The van der Waals surface area contributed by atoms with Gasteiger partial charge in [0, 0.05) is 26.5 Å². The van der Waals surface area contributed by atoms with Gasteiger partial charge in [-0.3, -0.25) is 0 Å². The summed E-state index contributed by atoms with van der Waals surface area (Å²) in [6.07, 6.45) is 1.14. The Kier molecular flexibility index (Phi) is 7.04. The Morgan fingerprint density at radius 2 is 2.25 bits per heavy atom. The number of hydrogen-bond acceptors (Lipinski definition) is 3. The molecule has 0 radical (unpaired) electrons. The number of rotatable bonds is 7. The fraction of sp³-hybridized carbons (Fsp3) is 0.667. The quantitative estimate of drug-likeness (QED) is 0.808. The number of halogens is 1. The molecule has 0 amide bonds. The fourth-order valence-electron chi connectivity index (χ4n) is 1.49. The highest BCUT2D eigenvalue weighted by atomic mass is 79.9. The van der Waals surface area contributed by atoms with E-state index in [4.69, 9.17) is 0 Å². The van der Waals surface area contributed by atoms with Gasteiger partial charge in [-0.1, -0.05) is 20.8 Å². The van der Waals surface area contributed by atoms with Crippen molar-refractivity contribution in [1.82, 2.24) is 5.32 Å². The molecule has 1 rings (SSSR count). The summed E-state index contributed by atoms with van der Waals surface area (Å²) in [6.45, 7) is 7.75. The maximum atomic E-state index is 3.57. The van der Waals surface area contributed by atoms with Crippen LogP contribution in [0.15, 0.2) is 15.9 Å². The van der Waals surface area contributed by atoms with Gasteiger partial charge in [0.1, 0.15) is 0 Å². The van der Waals surface area contributed by atoms with Crippen molar-refractivity contribution in [3.8, 4) is 0 Å². The standard InChI is InChI=1S/C12H20BrNS2/c1-4-14-11(8-15-9(2)3)6-12-5-10(13)7-16-12/h5,7,9,11,14H,4,6,8H2,1-3H3. The van der Waals surface area contributed by atoms with Gasteiger partial charge in [0.2, 0.25) is 0 Å². The number of hydrogen-bond donors (Lipinski definition) is 1. The van der Waals surface area contributed by atoms with Crippen LogP contribution in [0.25, 0.3) is 0 Å². The highest BCUT2D eigenvalue weighted by molar-refractivity contribution is 9.10. The molecule has 1 atom stereocenters. The smallest absolute Gasteiger partial charge is 0.0285 e. The highest BCUT2D eigenvalue weighted by Gasteiger charge is 2.10. The van der Waals surface area contributed by atoms with E-state index >= 15 is 0 Å². The molecule has 1 unspecified atom stereocenters. The van der Waals surface area contributed by atoms with Gasteiger partial charge in [0.25, 0.3) is 0 Å². The lowest BCUT2D eigenvalue weighted by Gasteiger charge is -2.17. The summed E-state index contributed by atoms with van der Waals surface area (Å²) in [6, 6.07) is 2.83. The lowest BCUT2D eigenvalue weighted by atomic mass is 10.2. The van der Waals surface area contributed by atoms with Crippen molar-refractivity contribution in [1.29, 1.82) is 0 Å². The summed E-state index contributed by atoms with van der Waals surface area (Å²) < 4.78 is 1.21. The van der Waals surface area contributed by atoms with Gasteiger partial charge in [-0.2, -0.15) is 11.8 Å². The molecule has 1 aromatic heterocycles. The molecule has 1 N–H and O–H groups in total. The van der Waals surface area contributed by atoms with Crippen LogP contribution in [-0.4, -0.2) is 23.6 Å². The topological polar surface area (TPSA) is 12.0 Å². The second-order valence-electron chi connectivity index (χ2n) is 4.07. The Morgan fingerprint density at radius 3 is 2.75 bits per heavy atom. The zero-order valence-electron chi connectivity index (χ0n) is 10.1. The van der Waals surface area contributed by atoms with Gasteiger partial charge in [0.05, 0.1) is 0 Å². The van der Waals surface area contributed by atoms with Crippen molar-refractivity contribution in [2.24, 2.45) is 0 Å². The third kappa shape index (κ3) is 5.71. The molecule has 16 heavy (non-hydrogen) atoms. The Balaban J connectivity index is 2.43. The van der Waals surface area contributed by atoms with E-state index in [-0.39, 0.29) is 0 Å². The lowest BCUT2D eigenvalue weighted by molar-refractivity contribution is 0.575. The van der Waals surface area contributed by atoms with Crippen LogP contribution in [0.5, 0.6) is 0 Å². The number of thioether (sulfide) groups is 1. The largest absolute Gasteiger partial charge is 0.313 e. The van der Waals surface area contributed by atoms with E-state index in [0.717, 1.165) is 18.2 Å². The molecule has 0 bridgehead atoms. The van der Waals surface area contributed by atoms with Crippen molar-refractivity contribution in [3.63, 3.8) is 0 Å². The van der Waals surface area contributed by atoms with Crippen molar-refractivity contribution in [3.05, 3.63) is 20.8 Å². The molecule has 0 aliphatic heterocycles. The predicted octanol–water partition coefficient (Wildman–Crippen LogP) is 4.17. The van der Waals surface area contributed by atoms with Gasteiger partial charge in [0.15, 0.2) is 0 Å². The molecule has 92 valence electrons. The Bertz CT molecular complexity index is 299. The summed E-state index contributed by atoms with van der Waals surface area (Å²) in [5.74, 6) is 1.20. The molecule has 4 heteroatoms. The van der Waals surface area contributed by atoms with Gasteiger partial charge in [-0.25, -0.2) is 0 Å². The highest BCUT2D eigenvalue weighted by Crippen LogP contribution is 2.22. The number of thiophene rings is 1. The Morgan fingerprint density at radius 1 is 1.50 bits per heavy atom. The second-order valence-corrected chi connectivity index (χ2v) is 7.59. The SMILES string of the molecule is CCNC(CSC(C)C)Cc1cc(Br)cs1. The van der Waals surface area contributed by atoms with Gasteiger partial charge >= 0.3 is 0 Å². The summed E-state index contributed by atoms with van der Waals surface area (Å²) in [4.78, 5) is 1.46. The minimum absolute atomic E-state index is 0.600. The molecule has 1 heterocycles. The van der Waals surface area contributed by atoms with Crippen LogP contribution in [0.2, 0.25) is 0 Å². The van der Waals surface area contributed by atoms with Crippen molar-refractivity contribution in [2.45, 2.75) is 38.5 Å². The molecule has 0 aromatic carbocycles. The van der Waals surface area contributed by atoms with E-state index < -0.39 is 0 Å². The average molecular weight is 322 g/mol. The minimum Gasteiger partial charge on any atom is -0.313 e. The summed E-state index contributed by atoms with van der Waals surface area (Å²) >= 11 is 7.39. The van der Waals surface area contributed by atoms with E-state index in [1.807, 2.05) is 23.1 Å². The van der Waals surface area contributed by atoms with Crippen LogP contribution >= 0.6 is 39.0 Å². The number of nitrogens with one attached hydrogen (secondary N) is 1. The molecule has 0 saturated carbocycles. The lowest BCUT2D eigenvalue weighted by Crippen LogP contribution is -2.33. The molecular weight excluding hydrogens is 302 g/mol. The summed E-state index contributed by atoms with van der Waals surface area (Å²) in [5.41, 5.74) is 0. The number of likely N-dealkylation sites (N-methyl/N-ethyl adjacent to an activating group) is 1. The normalized spacial score (nSPS) is 13.3. The van der Waals surface area contributed by atoms with Crippen molar-refractivity contribution in [2.75, 3.05) is 12.3 Å². The zero-order chi connectivity index (χ0) is 12.0. The summed E-state index contributed by atoms with van der Waals surface area (Å²) in [7, 11) is 0. The zero-order valence-corrected chi connectivity index (χ0v) is 13.3. The first-order valence-corrected chi connectivity index (χ1v) is 8.41. The molecule has 0 aliphatic rings. The maximum Gasteiger partial charge on any atom is 0.0285 e. The van der Waals surface area contributed by atoms with Crippen molar-refractivity contribution < 1.29 is 0 Å². The molecule has 0 spiro atoms. The average Bonchev–Trinajstić information content (AvgIpc) is 2.61. The summed E-state index contributed by atoms with van der Waals surface area (Å²) in [5, 5.41) is 6.45. The van der Waals surface area contributed by atoms with Gasteiger partial charge < -0.3 is 5.32 Å². The molecule has 0 aliphatic carbocycles. The van der Waals surface area contributed by atoms with E-state index in [1.165, 1.54) is 15.1 Å². The first-order valence-electron chi connectivity index (χ1n) is 5.69. The second kappa shape index (κ2) is 7.75. The van der Waals surface area contributed by atoms with Crippen LogP contribution in [0.3, 0.4) is 0 Å². The first-order chi connectivity index (χ1) is 7.61. The molecular formula is C12H20BrNS2. The van der Waals surface area contributed by atoms with Gasteiger partial charge in [-0.15, -0.1) is 11.3 Å². The first kappa shape index (κ1) is 14.6. The van der Waals surface area contributed by atoms with E-state index in [2.05, 4.69) is 53.5 Å². The third-order valence-corrected chi connectivity index (χ3v) is 5.17. The monoisotopic (exact) mass is 321 g/mol.